The summed E-state index contributed by atoms with van der Waals surface area (Å²) < 4.78 is 1.94. The third-order valence-corrected chi connectivity index (χ3v) is 7.55. The van der Waals surface area contributed by atoms with Crippen LogP contribution in [0.15, 0.2) is 24.3 Å². The number of likely N-dealkylation sites (tertiary alicyclic amines) is 1. The quantitative estimate of drug-likeness (QED) is 0.566. The van der Waals surface area contributed by atoms with Crippen LogP contribution in [0.3, 0.4) is 0 Å². The summed E-state index contributed by atoms with van der Waals surface area (Å²) in [5.74, 6) is 1.99. The molecule has 2 aromatic heterocycles. The Hall–Kier alpha value is -2.67. The van der Waals surface area contributed by atoms with Gasteiger partial charge in [-0.05, 0) is 69.7 Å². The first-order valence-corrected chi connectivity index (χ1v) is 12.3. The van der Waals surface area contributed by atoms with Gasteiger partial charge in [0.05, 0.1) is 22.5 Å². The van der Waals surface area contributed by atoms with Crippen molar-refractivity contribution in [3.8, 4) is 5.69 Å². The van der Waals surface area contributed by atoms with Gasteiger partial charge in [-0.3, -0.25) is 4.79 Å². The number of anilines is 1. The Bertz CT molecular complexity index is 1160. The fourth-order valence-corrected chi connectivity index (χ4v) is 5.31. The average Bonchev–Trinajstić information content (AvgIpc) is 3.18. The van der Waals surface area contributed by atoms with E-state index in [9.17, 15) is 4.79 Å². The molecule has 5 rings (SSSR count). The lowest BCUT2D eigenvalue weighted by Crippen LogP contribution is -2.45. The van der Waals surface area contributed by atoms with Gasteiger partial charge in [-0.15, -0.1) is 5.10 Å². The van der Waals surface area contributed by atoms with Gasteiger partial charge < -0.3 is 9.80 Å². The molecule has 2 saturated heterocycles. The zero-order valence-corrected chi connectivity index (χ0v) is 20.3. The Morgan fingerprint density at radius 2 is 1.64 bits per heavy atom. The zero-order valence-electron chi connectivity index (χ0n) is 19.6. The first-order chi connectivity index (χ1) is 15.9. The predicted octanol–water partition coefficient (Wildman–Crippen LogP) is 4.56. The molecule has 0 radical (unpaired) electrons. The molecule has 0 saturated carbocycles. The molecule has 0 atom stereocenters. The maximum absolute atomic E-state index is 13.0. The van der Waals surface area contributed by atoms with Crippen LogP contribution in [-0.4, -0.2) is 57.0 Å². The molecule has 2 fully saturated rings. The van der Waals surface area contributed by atoms with Crippen LogP contribution in [-0.2, 0) is 4.79 Å². The lowest BCUT2D eigenvalue weighted by atomic mass is 9.92. The largest absolute Gasteiger partial charge is 0.353 e. The van der Waals surface area contributed by atoms with Crippen LogP contribution >= 0.6 is 11.6 Å². The van der Waals surface area contributed by atoms with Gasteiger partial charge >= 0.3 is 0 Å². The highest BCUT2D eigenvalue weighted by Gasteiger charge is 2.32. The summed E-state index contributed by atoms with van der Waals surface area (Å²) in [6.07, 6.45) is 3.94. The molecule has 3 aromatic rings. The molecule has 0 spiro atoms. The molecular formula is C25H31ClN6O. The highest BCUT2D eigenvalue weighted by Crippen LogP contribution is 2.32. The van der Waals surface area contributed by atoms with Crippen molar-refractivity contribution >= 4 is 34.2 Å². The number of aromatic nitrogens is 4. The number of aryl methyl sites for hydroxylation is 2. The average molecular weight is 467 g/mol. The van der Waals surface area contributed by atoms with Gasteiger partial charge in [0.1, 0.15) is 5.52 Å². The molecule has 0 bridgehead atoms. The van der Waals surface area contributed by atoms with Gasteiger partial charge in [-0.25, -0.2) is 4.68 Å². The van der Waals surface area contributed by atoms with Crippen molar-refractivity contribution in [1.82, 2.24) is 24.9 Å². The summed E-state index contributed by atoms with van der Waals surface area (Å²) in [5, 5.41) is 15.7. The fraction of sp³-hybridized carbons (Fsp3) is 0.520. The molecule has 2 aliphatic rings. The first kappa shape index (κ1) is 22.1. The molecular weight excluding hydrogens is 436 g/mol. The second-order valence-electron chi connectivity index (χ2n) is 9.58. The van der Waals surface area contributed by atoms with E-state index in [1.165, 1.54) is 0 Å². The van der Waals surface area contributed by atoms with Crippen LogP contribution in [0.2, 0.25) is 5.02 Å². The smallest absolute Gasteiger partial charge is 0.225 e. The predicted molar refractivity (Wildman–Crippen MR) is 131 cm³/mol. The van der Waals surface area contributed by atoms with Crippen LogP contribution in [0, 0.1) is 25.7 Å². The minimum absolute atomic E-state index is 0.108. The number of fused-ring (bicyclic) bond motifs is 1. The highest BCUT2D eigenvalue weighted by molar-refractivity contribution is 6.30. The SMILES string of the molecule is Cc1nnc(N2CCC(C(=O)N3CCC(C)CC3)CC2)c2nn(-c3ccc(Cl)cc3)c(C)c12. The molecule has 0 N–H and O–H groups in total. The van der Waals surface area contributed by atoms with Crippen LogP contribution in [0.5, 0.6) is 0 Å². The fourth-order valence-electron chi connectivity index (χ4n) is 5.18. The Labute approximate surface area is 199 Å². The second kappa shape index (κ2) is 8.93. The molecule has 33 heavy (non-hydrogen) atoms. The van der Waals surface area contributed by atoms with Crippen LogP contribution in [0.25, 0.3) is 16.6 Å². The van der Waals surface area contributed by atoms with Gasteiger partial charge in [-0.2, -0.15) is 10.2 Å². The van der Waals surface area contributed by atoms with Crippen LogP contribution in [0.4, 0.5) is 5.82 Å². The second-order valence-corrected chi connectivity index (χ2v) is 10.0. The van der Waals surface area contributed by atoms with Crippen molar-refractivity contribution in [3.63, 3.8) is 0 Å². The van der Waals surface area contributed by atoms with E-state index in [4.69, 9.17) is 16.7 Å². The maximum atomic E-state index is 13.0. The van der Waals surface area contributed by atoms with Crippen LogP contribution < -0.4 is 4.90 Å². The van der Waals surface area contributed by atoms with Gasteiger partial charge in [0, 0.05) is 37.1 Å². The van der Waals surface area contributed by atoms with Gasteiger partial charge in [0.15, 0.2) is 5.82 Å². The van der Waals surface area contributed by atoms with Crippen molar-refractivity contribution in [2.45, 2.75) is 46.5 Å². The number of amides is 1. The maximum Gasteiger partial charge on any atom is 0.225 e. The number of rotatable bonds is 3. The molecule has 7 nitrogen and oxygen atoms in total. The van der Waals surface area contributed by atoms with E-state index in [2.05, 4.69) is 33.8 Å². The summed E-state index contributed by atoms with van der Waals surface area (Å²) in [6, 6.07) is 7.68. The van der Waals surface area contributed by atoms with Crippen molar-refractivity contribution < 1.29 is 4.79 Å². The lowest BCUT2D eigenvalue weighted by molar-refractivity contribution is -0.137. The Kier molecular flexibility index (Phi) is 5.99. The van der Waals surface area contributed by atoms with E-state index >= 15 is 0 Å². The van der Waals surface area contributed by atoms with Gasteiger partial charge in [0.2, 0.25) is 5.91 Å². The standard InChI is InChI=1S/C25H31ClN6O/c1-16-8-12-31(13-9-16)25(33)19-10-14-30(15-11-19)24-23-22(17(2)27-28-24)18(3)32(29-23)21-6-4-20(26)5-7-21/h4-7,16,19H,8-15H2,1-3H3. The van der Waals surface area contributed by atoms with E-state index < -0.39 is 0 Å². The highest BCUT2D eigenvalue weighted by atomic mass is 35.5. The number of piperidine rings is 2. The van der Waals surface area contributed by atoms with Crippen molar-refractivity contribution in [3.05, 3.63) is 40.7 Å². The Morgan fingerprint density at radius 1 is 0.970 bits per heavy atom. The molecule has 0 aliphatic carbocycles. The summed E-state index contributed by atoms with van der Waals surface area (Å²) in [6.45, 7) is 9.72. The third-order valence-electron chi connectivity index (χ3n) is 7.29. The normalized spacial score (nSPS) is 18.3. The number of benzene rings is 1. The van der Waals surface area contributed by atoms with Crippen molar-refractivity contribution in [2.24, 2.45) is 11.8 Å². The zero-order chi connectivity index (χ0) is 23.1. The molecule has 1 amide bonds. The number of hydrogen-bond donors (Lipinski definition) is 0. The monoisotopic (exact) mass is 466 g/mol. The molecule has 1 aromatic carbocycles. The minimum atomic E-state index is 0.108. The third kappa shape index (κ3) is 4.19. The number of carbonyl (C=O) groups is 1. The molecule has 8 heteroatoms. The summed E-state index contributed by atoms with van der Waals surface area (Å²) >= 11 is 6.08. The summed E-state index contributed by atoms with van der Waals surface area (Å²) in [7, 11) is 0. The minimum Gasteiger partial charge on any atom is -0.353 e. The molecule has 0 unspecified atom stereocenters. The molecule has 174 valence electrons. The number of hydrogen-bond acceptors (Lipinski definition) is 5. The summed E-state index contributed by atoms with van der Waals surface area (Å²) in [5.41, 5.74) is 3.73. The molecule has 2 aliphatic heterocycles. The van der Waals surface area contributed by atoms with Gasteiger partial charge in [-0.1, -0.05) is 18.5 Å². The van der Waals surface area contributed by atoms with Gasteiger partial charge in [0.25, 0.3) is 0 Å². The summed E-state index contributed by atoms with van der Waals surface area (Å²) in [4.78, 5) is 17.4. The Morgan fingerprint density at radius 3 is 2.30 bits per heavy atom. The number of carbonyl (C=O) groups excluding carboxylic acids is 1. The topological polar surface area (TPSA) is 67.2 Å². The van der Waals surface area contributed by atoms with Crippen LogP contribution in [0.1, 0.15) is 44.0 Å². The van der Waals surface area contributed by atoms with E-state index in [1.807, 2.05) is 35.9 Å². The molecule has 4 heterocycles. The Balaban J connectivity index is 1.37. The number of halogens is 1. The lowest BCUT2D eigenvalue weighted by Gasteiger charge is -2.37. The van der Waals surface area contributed by atoms with E-state index in [-0.39, 0.29) is 5.92 Å². The number of nitrogens with zero attached hydrogens (tertiary/aromatic N) is 6. The van der Waals surface area contributed by atoms with Crippen molar-refractivity contribution in [1.29, 1.82) is 0 Å². The first-order valence-electron chi connectivity index (χ1n) is 11.9. The van der Waals surface area contributed by atoms with Crippen molar-refractivity contribution in [2.75, 3.05) is 31.1 Å². The van der Waals surface area contributed by atoms with E-state index in [0.717, 1.165) is 91.6 Å². The van der Waals surface area contributed by atoms with E-state index in [0.29, 0.717) is 10.9 Å². The van der Waals surface area contributed by atoms with E-state index in [1.54, 1.807) is 0 Å².